The van der Waals surface area contributed by atoms with Crippen LogP contribution in [0.2, 0.25) is 0 Å². The number of thioether (sulfide) groups is 1. The lowest BCUT2D eigenvalue weighted by Crippen LogP contribution is -2.38. The third-order valence-electron chi connectivity index (χ3n) is 6.85. The number of aromatic nitrogens is 2. The zero-order valence-electron chi connectivity index (χ0n) is 18.8. The Bertz CT molecular complexity index is 1060. The highest BCUT2D eigenvalue weighted by Gasteiger charge is 2.40. The molecule has 1 aromatic heterocycles. The Morgan fingerprint density at radius 1 is 1.21 bits per heavy atom. The van der Waals surface area contributed by atoms with Crippen LogP contribution in [0.4, 0.5) is 13.2 Å². The largest absolute Gasteiger partial charge is 0.435 e. The van der Waals surface area contributed by atoms with E-state index in [0.717, 1.165) is 44.2 Å². The molecule has 34 heavy (non-hydrogen) atoms. The van der Waals surface area contributed by atoms with Crippen LogP contribution in [-0.2, 0) is 35.2 Å². The van der Waals surface area contributed by atoms with Crippen molar-refractivity contribution in [1.29, 1.82) is 0 Å². The van der Waals surface area contributed by atoms with Gasteiger partial charge in [-0.05, 0) is 63.5 Å². The SMILES string of the molecule is O=C(Cn1nc(C(F)(F)F)c2c1CCCC2)NC1=C(C(=O)N[C@@H]2CCNC2)C2=CCCCC2S1. The molecule has 7 nitrogen and oxygen atoms in total. The minimum absolute atomic E-state index is 0.0431. The van der Waals surface area contributed by atoms with Crippen molar-refractivity contribution >= 4 is 23.6 Å². The summed E-state index contributed by atoms with van der Waals surface area (Å²) in [4.78, 5) is 26.1. The predicted octanol–water partition coefficient (Wildman–Crippen LogP) is 2.81. The highest BCUT2D eigenvalue weighted by atomic mass is 32.2. The van der Waals surface area contributed by atoms with E-state index < -0.39 is 17.8 Å². The number of rotatable bonds is 5. The van der Waals surface area contributed by atoms with Gasteiger partial charge < -0.3 is 16.0 Å². The highest BCUT2D eigenvalue weighted by molar-refractivity contribution is 8.04. The molecule has 0 radical (unpaired) electrons. The number of fused-ring (bicyclic) bond motifs is 2. The van der Waals surface area contributed by atoms with Gasteiger partial charge in [0.15, 0.2) is 5.69 Å². The molecule has 1 fully saturated rings. The van der Waals surface area contributed by atoms with Crippen LogP contribution < -0.4 is 16.0 Å². The first-order chi connectivity index (χ1) is 16.3. The normalized spacial score (nSPS) is 24.5. The summed E-state index contributed by atoms with van der Waals surface area (Å²) in [6, 6.07) is 0.0431. The molecule has 3 heterocycles. The summed E-state index contributed by atoms with van der Waals surface area (Å²) in [5.41, 5.74) is 1.26. The van der Waals surface area contributed by atoms with Gasteiger partial charge in [0.25, 0.3) is 5.91 Å². The lowest BCUT2D eigenvalue weighted by atomic mass is 9.93. The van der Waals surface area contributed by atoms with Crippen molar-refractivity contribution in [3.05, 3.63) is 39.2 Å². The zero-order valence-corrected chi connectivity index (χ0v) is 19.6. The zero-order chi connectivity index (χ0) is 23.9. The van der Waals surface area contributed by atoms with Crippen LogP contribution in [-0.4, -0.2) is 46.0 Å². The van der Waals surface area contributed by atoms with E-state index in [9.17, 15) is 22.8 Å². The lowest BCUT2D eigenvalue weighted by molar-refractivity contribution is -0.142. The Hall–Kier alpha value is -2.27. The molecular weight excluding hydrogens is 467 g/mol. The number of carbonyl (C=O) groups is 2. The lowest BCUT2D eigenvalue weighted by Gasteiger charge is -2.18. The molecule has 0 aromatic carbocycles. The third kappa shape index (κ3) is 4.64. The van der Waals surface area contributed by atoms with Gasteiger partial charge in [-0.1, -0.05) is 17.8 Å². The molecule has 2 amide bonds. The first-order valence-electron chi connectivity index (χ1n) is 11.9. The first kappa shape index (κ1) is 23.5. The van der Waals surface area contributed by atoms with Crippen molar-refractivity contribution in [2.45, 2.75) is 75.4 Å². The number of alkyl halides is 3. The average Bonchev–Trinajstić information content (AvgIpc) is 3.51. The second-order valence-electron chi connectivity index (χ2n) is 9.25. The molecule has 0 saturated carbocycles. The van der Waals surface area contributed by atoms with Gasteiger partial charge in [-0.25, -0.2) is 0 Å². The van der Waals surface area contributed by atoms with E-state index in [2.05, 4.69) is 27.1 Å². The van der Waals surface area contributed by atoms with Crippen molar-refractivity contribution in [3.8, 4) is 0 Å². The molecule has 2 aliphatic heterocycles. The van der Waals surface area contributed by atoms with Gasteiger partial charge in [0.05, 0.1) is 10.6 Å². The Morgan fingerprint density at radius 3 is 2.79 bits per heavy atom. The van der Waals surface area contributed by atoms with Crippen LogP contribution in [0.5, 0.6) is 0 Å². The molecule has 4 aliphatic rings. The molecule has 1 saturated heterocycles. The van der Waals surface area contributed by atoms with Gasteiger partial charge in [-0.15, -0.1) is 0 Å². The molecule has 1 unspecified atom stereocenters. The summed E-state index contributed by atoms with van der Waals surface area (Å²) < 4.78 is 41.7. The fourth-order valence-corrected chi connectivity index (χ4v) is 6.67. The summed E-state index contributed by atoms with van der Waals surface area (Å²) in [5.74, 6) is -0.679. The van der Waals surface area contributed by atoms with E-state index in [4.69, 9.17) is 0 Å². The summed E-state index contributed by atoms with van der Waals surface area (Å²) in [5, 5.41) is 13.5. The summed E-state index contributed by atoms with van der Waals surface area (Å²) in [6.07, 6.45) is 3.44. The fourth-order valence-electron chi connectivity index (χ4n) is 5.26. The van der Waals surface area contributed by atoms with E-state index in [1.165, 1.54) is 16.4 Å². The van der Waals surface area contributed by atoms with Gasteiger partial charge in [0.2, 0.25) is 5.91 Å². The Labute approximate surface area is 200 Å². The van der Waals surface area contributed by atoms with Crippen LogP contribution in [0.25, 0.3) is 0 Å². The highest BCUT2D eigenvalue weighted by Crippen LogP contribution is 2.45. The number of halogens is 3. The van der Waals surface area contributed by atoms with Crippen molar-refractivity contribution in [2.75, 3.05) is 13.1 Å². The van der Waals surface area contributed by atoms with Crippen LogP contribution in [0.1, 0.15) is 55.5 Å². The maximum absolute atomic E-state index is 13.5. The Morgan fingerprint density at radius 2 is 2.03 bits per heavy atom. The average molecular weight is 496 g/mol. The summed E-state index contributed by atoms with van der Waals surface area (Å²) in [7, 11) is 0. The van der Waals surface area contributed by atoms with Crippen molar-refractivity contribution in [1.82, 2.24) is 25.7 Å². The summed E-state index contributed by atoms with van der Waals surface area (Å²) >= 11 is 1.46. The smallest absolute Gasteiger partial charge is 0.348 e. The van der Waals surface area contributed by atoms with Crippen LogP contribution in [0, 0.1) is 0 Å². The minimum atomic E-state index is -4.55. The van der Waals surface area contributed by atoms with E-state index in [-0.39, 0.29) is 29.3 Å². The molecular formula is C23H28F3N5O2S. The van der Waals surface area contributed by atoms with Gasteiger partial charge in [-0.2, -0.15) is 18.3 Å². The molecule has 5 rings (SSSR count). The number of allylic oxidation sites excluding steroid dienone is 1. The van der Waals surface area contributed by atoms with E-state index in [1.807, 2.05) is 0 Å². The third-order valence-corrected chi connectivity index (χ3v) is 8.17. The maximum Gasteiger partial charge on any atom is 0.435 e. The van der Waals surface area contributed by atoms with Gasteiger partial charge >= 0.3 is 6.18 Å². The molecule has 2 aliphatic carbocycles. The molecule has 1 aromatic rings. The number of nitrogens with one attached hydrogen (secondary N) is 3. The van der Waals surface area contributed by atoms with Crippen LogP contribution in [0.15, 0.2) is 22.3 Å². The predicted molar refractivity (Wildman–Crippen MR) is 122 cm³/mol. The number of hydrogen-bond acceptors (Lipinski definition) is 5. The van der Waals surface area contributed by atoms with E-state index in [1.54, 1.807) is 0 Å². The molecule has 2 atom stereocenters. The van der Waals surface area contributed by atoms with Gasteiger partial charge in [0.1, 0.15) is 6.54 Å². The molecule has 184 valence electrons. The molecule has 3 N–H and O–H groups in total. The number of hydrogen-bond donors (Lipinski definition) is 3. The molecule has 11 heteroatoms. The number of amides is 2. The monoisotopic (exact) mass is 495 g/mol. The fraction of sp³-hybridized carbons (Fsp3) is 0.609. The number of nitrogens with zero attached hydrogens (tertiary/aromatic N) is 2. The van der Waals surface area contributed by atoms with Crippen LogP contribution in [0.3, 0.4) is 0 Å². The second-order valence-corrected chi connectivity index (χ2v) is 10.5. The minimum Gasteiger partial charge on any atom is -0.348 e. The quantitative estimate of drug-likeness (QED) is 0.585. The Balaban J connectivity index is 1.37. The molecule has 0 spiro atoms. The molecule has 0 bridgehead atoms. The van der Waals surface area contributed by atoms with E-state index >= 15 is 0 Å². The number of carbonyl (C=O) groups excluding carboxylic acids is 2. The van der Waals surface area contributed by atoms with Crippen molar-refractivity contribution in [3.63, 3.8) is 0 Å². The topological polar surface area (TPSA) is 88.0 Å². The summed E-state index contributed by atoms with van der Waals surface area (Å²) in [6.45, 7) is 1.25. The van der Waals surface area contributed by atoms with Gasteiger partial charge in [0, 0.05) is 29.1 Å². The van der Waals surface area contributed by atoms with Gasteiger partial charge in [-0.3, -0.25) is 14.3 Å². The first-order valence-corrected chi connectivity index (χ1v) is 12.8. The second kappa shape index (κ2) is 9.41. The van der Waals surface area contributed by atoms with Crippen molar-refractivity contribution < 1.29 is 22.8 Å². The standard InChI is InChI=1S/C23H28F3N5O2S/c24-23(25,26)20-14-5-1-3-7-16(14)31(30-20)12-18(32)29-22-19(15-6-2-4-8-17(15)34-22)21(33)28-13-9-10-27-11-13/h6,13,17,27H,1-5,7-12H2,(H,28,33)(H,29,32)/t13-,17?/m1/s1. The van der Waals surface area contributed by atoms with E-state index in [0.29, 0.717) is 42.1 Å². The van der Waals surface area contributed by atoms with Crippen molar-refractivity contribution in [2.24, 2.45) is 0 Å². The maximum atomic E-state index is 13.5. The Kier molecular flexibility index (Phi) is 6.49. The van der Waals surface area contributed by atoms with Crippen LogP contribution >= 0.6 is 11.8 Å².